The van der Waals surface area contributed by atoms with Gasteiger partial charge in [0.05, 0.1) is 0 Å². The fourth-order valence-electron chi connectivity index (χ4n) is 1.62. The monoisotopic (exact) mass is 290 g/mol. The van der Waals surface area contributed by atoms with Crippen LogP contribution in [0.15, 0.2) is 36.7 Å². The zero-order valence-electron chi connectivity index (χ0n) is 10.8. The molecule has 1 amide bonds. The van der Waals surface area contributed by atoms with Crippen LogP contribution >= 0.6 is 11.6 Å². The van der Waals surface area contributed by atoms with E-state index in [9.17, 15) is 4.79 Å². The van der Waals surface area contributed by atoms with Crippen molar-refractivity contribution in [2.45, 2.75) is 12.8 Å². The van der Waals surface area contributed by atoms with Crippen LogP contribution in [0.4, 0.5) is 0 Å². The van der Waals surface area contributed by atoms with Gasteiger partial charge in [-0.25, -0.2) is 4.98 Å². The van der Waals surface area contributed by atoms with Gasteiger partial charge in [0.1, 0.15) is 12.2 Å². The van der Waals surface area contributed by atoms with Gasteiger partial charge in [0, 0.05) is 24.1 Å². The molecular weight excluding hydrogens is 276 g/mol. The summed E-state index contributed by atoms with van der Waals surface area (Å²) in [5.74, 6) is 0.716. The number of carbonyl (C=O) groups is 1. The maximum Gasteiger partial charge on any atom is 0.243 e. The predicted octanol–water partition coefficient (Wildman–Crippen LogP) is 2.22. The smallest absolute Gasteiger partial charge is 0.243 e. The SMILES string of the molecule is O=C(C=Cc1ccc(Cl)cc1)NCCCc1ncn[nH]1. The molecule has 2 rings (SSSR count). The van der Waals surface area contributed by atoms with Crippen molar-refractivity contribution in [2.24, 2.45) is 0 Å². The first-order valence-corrected chi connectivity index (χ1v) is 6.67. The molecule has 6 heteroatoms. The third kappa shape index (κ3) is 4.85. The predicted molar refractivity (Wildman–Crippen MR) is 78.2 cm³/mol. The summed E-state index contributed by atoms with van der Waals surface area (Å²) in [4.78, 5) is 15.6. The Labute approximate surface area is 122 Å². The highest BCUT2D eigenvalue weighted by molar-refractivity contribution is 6.30. The first-order chi connectivity index (χ1) is 9.74. The van der Waals surface area contributed by atoms with Crippen LogP contribution in [0, 0.1) is 0 Å². The van der Waals surface area contributed by atoms with Crippen LogP contribution < -0.4 is 5.32 Å². The Morgan fingerprint density at radius 2 is 2.15 bits per heavy atom. The number of benzene rings is 1. The third-order valence-electron chi connectivity index (χ3n) is 2.65. The molecule has 0 spiro atoms. The molecule has 2 N–H and O–H groups in total. The molecule has 1 heterocycles. The number of aromatic amines is 1. The second kappa shape index (κ2) is 7.45. The Kier molecular flexibility index (Phi) is 5.32. The second-order valence-electron chi connectivity index (χ2n) is 4.21. The average molecular weight is 291 g/mol. The van der Waals surface area contributed by atoms with E-state index in [0.717, 1.165) is 24.2 Å². The molecule has 5 nitrogen and oxygen atoms in total. The molecule has 20 heavy (non-hydrogen) atoms. The number of aryl methyl sites for hydroxylation is 1. The van der Waals surface area contributed by atoms with E-state index in [1.54, 1.807) is 18.2 Å². The number of halogens is 1. The minimum absolute atomic E-state index is 0.113. The fraction of sp³-hybridized carbons (Fsp3) is 0.214. The number of rotatable bonds is 6. The minimum Gasteiger partial charge on any atom is -0.353 e. The van der Waals surface area contributed by atoms with Crippen molar-refractivity contribution in [3.05, 3.63) is 53.1 Å². The molecule has 0 atom stereocenters. The van der Waals surface area contributed by atoms with Crippen LogP contribution in [0.25, 0.3) is 6.08 Å². The maximum absolute atomic E-state index is 11.6. The lowest BCUT2D eigenvalue weighted by atomic mass is 10.2. The van der Waals surface area contributed by atoms with Gasteiger partial charge >= 0.3 is 0 Å². The van der Waals surface area contributed by atoms with Crippen LogP contribution in [0.5, 0.6) is 0 Å². The normalized spacial score (nSPS) is 10.8. The fourth-order valence-corrected chi connectivity index (χ4v) is 1.75. The molecule has 0 radical (unpaired) electrons. The Bertz CT molecular complexity index is 563. The van der Waals surface area contributed by atoms with E-state index in [-0.39, 0.29) is 5.91 Å². The van der Waals surface area contributed by atoms with Crippen molar-refractivity contribution >= 4 is 23.6 Å². The summed E-state index contributed by atoms with van der Waals surface area (Å²) in [5, 5.41) is 10.0. The van der Waals surface area contributed by atoms with Crippen LogP contribution in [0.2, 0.25) is 5.02 Å². The maximum atomic E-state index is 11.6. The highest BCUT2D eigenvalue weighted by Gasteiger charge is 1.98. The lowest BCUT2D eigenvalue weighted by Crippen LogP contribution is -2.22. The van der Waals surface area contributed by atoms with Gasteiger partial charge in [-0.05, 0) is 30.2 Å². The number of nitrogens with zero attached hydrogens (tertiary/aromatic N) is 2. The van der Waals surface area contributed by atoms with E-state index in [1.165, 1.54) is 12.4 Å². The molecule has 0 fully saturated rings. The summed E-state index contributed by atoms with van der Waals surface area (Å²) in [6.07, 6.45) is 6.32. The van der Waals surface area contributed by atoms with E-state index in [2.05, 4.69) is 20.5 Å². The lowest BCUT2D eigenvalue weighted by Gasteiger charge is -2.00. The molecule has 0 saturated heterocycles. The Morgan fingerprint density at radius 3 is 2.85 bits per heavy atom. The van der Waals surface area contributed by atoms with Crippen molar-refractivity contribution < 1.29 is 4.79 Å². The number of carbonyl (C=O) groups excluding carboxylic acids is 1. The summed E-state index contributed by atoms with van der Waals surface area (Å²) in [5.41, 5.74) is 0.936. The molecule has 0 aliphatic rings. The summed E-state index contributed by atoms with van der Waals surface area (Å²) in [7, 11) is 0. The van der Waals surface area contributed by atoms with Crippen molar-refractivity contribution in [3.8, 4) is 0 Å². The van der Waals surface area contributed by atoms with Crippen molar-refractivity contribution in [1.29, 1.82) is 0 Å². The van der Waals surface area contributed by atoms with Gasteiger partial charge in [0.15, 0.2) is 0 Å². The first kappa shape index (κ1) is 14.3. The number of aromatic nitrogens is 3. The quantitative estimate of drug-likeness (QED) is 0.633. The molecular formula is C14H15ClN4O. The van der Waals surface area contributed by atoms with Crippen LogP contribution in [0.3, 0.4) is 0 Å². The van der Waals surface area contributed by atoms with Gasteiger partial charge in [-0.1, -0.05) is 23.7 Å². The number of amides is 1. The van der Waals surface area contributed by atoms with E-state index in [0.29, 0.717) is 11.6 Å². The minimum atomic E-state index is -0.113. The third-order valence-corrected chi connectivity index (χ3v) is 2.90. The molecule has 0 bridgehead atoms. The van der Waals surface area contributed by atoms with Crippen molar-refractivity contribution in [2.75, 3.05) is 6.54 Å². The van der Waals surface area contributed by atoms with E-state index in [1.807, 2.05) is 12.1 Å². The summed E-state index contributed by atoms with van der Waals surface area (Å²) >= 11 is 5.79. The van der Waals surface area contributed by atoms with E-state index >= 15 is 0 Å². The molecule has 0 saturated carbocycles. The van der Waals surface area contributed by atoms with Crippen molar-refractivity contribution in [1.82, 2.24) is 20.5 Å². The van der Waals surface area contributed by atoms with Gasteiger partial charge in [0.25, 0.3) is 0 Å². The van der Waals surface area contributed by atoms with Crippen molar-refractivity contribution in [3.63, 3.8) is 0 Å². The van der Waals surface area contributed by atoms with Crippen LogP contribution in [0.1, 0.15) is 17.8 Å². The Hall–Kier alpha value is -2.14. The molecule has 0 aliphatic heterocycles. The van der Waals surface area contributed by atoms with Gasteiger partial charge < -0.3 is 5.32 Å². The largest absolute Gasteiger partial charge is 0.353 e. The Morgan fingerprint density at radius 1 is 1.35 bits per heavy atom. The number of hydrogen-bond donors (Lipinski definition) is 2. The summed E-state index contributed by atoms with van der Waals surface area (Å²) in [6, 6.07) is 7.29. The Balaban J connectivity index is 1.68. The molecule has 104 valence electrons. The van der Waals surface area contributed by atoms with Gasteiger partial charge in [0.2, 0.25) is 5.91 Å². The van der Waals surface area contributed by atoms with Gasteiger partial charge in [-0.3, -0.25) is 9.89 Å². The molecule has 2 aromatic rings. The summed E-state index contributed by atoms with van der Waals surface area (Å²) in [6.45, 7) is 0.602. The zero-order chi connectivity index (χ0) is 14.2. The molecule has 0 aliphatic carbocycles. The standard InChI is InChI=1S/C14H15ClN4O/c15-12-6-3-11(4-7-12)5-8-14(20)16-9-1-2-13-17-10-18-19-13/h3-8,10H,1-2,9H2,(H,16,20)(H,17,18,19). The zero-order valence-corrected chi connectivity index (χ0v) is 11.6. The number of H-pyrrole nitrogens is 1. The second-order valence-corrected chi connectivity index (χ2v) is 4.65. The topological polar surface area (TPSA) is 70.7 Å². The van der Waals surface area contributed by atoms with E-state index in [4.69, 9.17) is 11.6 Å². The lowest BCUT2D eigenvalue weighted by molar-refractivity contribution is -0.116. The summed E-state index contributed by atoms with van der Waals surface area (Å²) < 4.78 is 0. The number of nitrogens with one attached hydrogen (secondary N) is 2. The molecule has 1 aromatic heterocycles. The highest BCUT2D eigenvalue weighted by atomic mass is 35.5. The first-order valence-electron chi connectivity index (χ1n) is 6.30. The van der Waals surface area contributed by atoms with E-state index < -0.39 is 0 Å². The van der Waals surface area contributed by atoms with Crippen LogP contribution in [-0.2, 0) is 11.2 Å². The molecule has 1 aromatic carbocycles. The van der Waals surface area contributed by atoms with Gasteiger partial charge in [-0.15, -0.1) is 0 Å². The van der Waals surface area contributed by atoms with Gasteiger partial charge in [-0.2, -0.15) is 5.10 Å². The average Bonchev–Trinajstić information content (AvgIpc) is 2.96. The molecule has 0 unspecified atom stereocenters. The number of hydrogen-bond acceptors (Lipinski definition) is 3. The van der Waals surface area contributed by atoms with Crippen LogP contribution in [-0.4, -0.2) is 27.6 Å². The highest BCUT2D eigenvalue weighted by Crippen LogP contribution is 2.10.